The summed E-state index contributed by atoms with van der Waals surface area (Å²) in [5.74, 6) is 1.40. The molecular formula is C21H21ClN2O3. The topological polar surface area (TPSA) is 54.6 Å². The summed E-state index contributed by atoms with van der Waals surface area (Å²) in [5, 5.41) is 1.82. The first-order valence-electron chi connectivity index (χ1n) is 8.86. The van der Waals surface area contributed by atoms with Gasteiger partial charge < -0.3 is 19.4 Å². The third-order valence-electron chi connectivity index (χ3n) is 5.32. The van der Waals surface area contributed by atoms with Crippen LogP contribution in [0.25, 0.3) is 10.9 Å². The fourth-order valence-electron chi connectivity index (χ4n) is 3.94. The van der Waals surface area contributed by atoms with Crippen LogP contribution in [0.5, 0.6) is 11.5 Å². The van der Waals surface area contributed by atoms with Crippen LogP contribution < -0.4 is 9.47 Å². The molecule has 0 unspecified atom stereocenters. The van der Waals surface area contributed by atoms with Crippen LogP contribution in [0, 0.1) is 0 Å². The lowest BCUT2D eigenvalue weighted by molar-refractivity contribution is -0.120. The van der Waals surface area contributed by atoms with Crippen molar-refractivity contribution >= 4 is 28.9 Å². The van der Waals surface area contributed by atoms with Crippen molar-refractivity contribution in [2.45, 2.75) is 18.9 Å². The summed E-state index contributed by atoms with van der Waals surface area (Å²) < 4.78 is 10.9. The summed E-state index contributed by atoms with van der Waals surface area (Å²) in [6.07, 6.45) is 4.45. The maximum absolute atomic E-state index is 11.7. The van der Waals surface area contributed by atoms with Crippen molar-refractivity contribution in [1.82, 2.24) is 9.88 Å². The predicted molar refractivity (Wildman–Crippen MR) is 106 cm³/mol. The molecule has 3 aromatic rings. The van der Waals surface area contributed by atoms with Crippen molar-refractivity contribution < 1.29 is 14.3 Å². The van der Waals surface area contributed by atoms with E-state index >= 15 is 0 Å². The fourth-order valence-corrected chi connectivity index (χ4v) is 4.11. The third kappa shape index (κ3) is 3.12. The number of amides is 1. The van der Waals surface area contributed by atoms with Crippen LogP contribution in [0.2, 0.25) is 5.02 Å². The summed E-state index contributed by atoms with van der Waals surface area (Å²) in [4.78, 5) is 16.9. The number of hydrogen-bond acceptors (Lipinski definition) is 3. The van der Waals surface area contributed by atoms with Gasteiger partial charge >= 0.3 is 0 Å². The van der Waals surface area contributed by atoms with Crippen LogP contribution in [-0.4, -0.2) is 37.1 Å². The highest BCUT2D eigenvalue weighted by Gasteiger charge is 2.29. The molecule has 2 aromatic carbocycles. The highest BCUT2D eigenvalue weighted by atomic mass is 35.5. The van der Waals surface area contributed by atoms with E-state index in [2.05, 4.69) is 4.98 Å². The maximum Gasteiger partial charge on any atom is 0.210 e. The minimum Gasteiger partial charge on any atom is -0.493 e. The van der Waals surface area contributed by atoms with Gasteiger partial charge in [0.25, 0.3) is 0 Å². The average Bonchev–Trinajstić information content (AvgIpc) is 3.08. The molecule has 5 nitrogen and oxygen atoms in total. The Labute approximate surface area is 162 Å². The Kier molecular flexibility index (Phi) is 4.70. The summed E-state index contributed by atoms with van der Waals surface area (Å²) in [5.41, 5.74) is 4.45. The number of fused-ring (bicyclic) bond motifs is 2. The Balaban J connectivity index is 1.77. The van der Waals surface area contributed by atoms with Crippen LogP contribution in [0.15, 0.2) is 36.5 Å². The van der Waals surface area contributed by atoms with Crippen LogP contribution in [0.3, 0.4) is 0 Å². The Morgan fingerprint density at radius 3 is 2.74 bits per heavy atom. The van der Waals surface area contributed by atoms with E-state index in [4.69, 9.17) is 21.1 Å². The van der Waals surface area contributed by atoms with Gasteiger partial charge in [0, 0.05) is 28.7 Å². The van der Waals surface area contributed by atoms with E-state index in [1.54, 1.807) is 14.2 Å². The van der Waals surface area contributed by atoms with Crippen molar-refractivity contribution in [3.63, 3.8) is 0 Å². The van der Waals surface area contributed by atoms with Crippen LogP contribution in [-0.2, 0) is 17.6 Å². The zero-order valence-corrected chi connectivity index (χ0v) is 16.0. The number of H-pyrrole nitrogens is 1. The van der Waals surface area contributed by atoms with Crippen molar-refractivity contribution in [2.24, 2.45) is 0 Å². The summed E-state index contributed by atoms with van der Waals surface area (Å²) in [6.45, 7) is 0.685. The molecule has 1 atom stereocenters. The lowest BCUT2D eigenvalue weighted by Crippen LogP contribution is -2.35. The number of hydrogen-bond donors (Lipinski definition) is 1. The Bertz CT molecular complexity index is 999. The number of nitrogens with one attached hydrogen (secondary N) is 1. The SMILES string of the molecule is COc1cc2c(cc1OC)[C@H](Cc1c[nH]c3cc(Cl)ccc13)N(C=O)CC2. The van der Waals surface area contributed by atoms with Crippen molar-refractivity contribution in [3.8, 4) is 11.5 Å². The number of rotatable bonds is 5. The molecule has 0 saturated heterocycles. The van der Waals surface area contributed by atoms with E-state index in [0.29, 0.717) is 23.7 Å². The molecule has 1 aromatic heterocycles. The van der Waals surface area contributed by atoms with Gasteiger partial charge in [0.15, 0.2) is 11.5 Å². The maximum atomic E-state index is 11.7. The highest BCUT2D eigenvalue weighted by Crippen LogP contribution is 2.39. The number of methoxy groups -OCH3 is 2. The number of benzene rings is 2. The summed E-state index contributed by atoms with van der Waals surface area (Å²) in [6, 6.07) is 9.80. The molecule has 0 fully saturated rings. The van der Waals surface area contributed by atoms with Crippen molar-refractivity contribution in [3.05, 3.63) is 58.2 Å². The van der Waals surface area contributed by atoms with Crippen molar-refractivity contribution in [2.75, 3.05) is 20.8 Å². The molecule has 0 aliphatic carbocycles. The van der Waals surface area contributed by atoms with Gasteiger partial charge in [-0.3, -0.25) is 4.79 Å². The second-order valence-electron chi connectivity index (χ2n) is 6.72. The average molecular weight is 385 g/mol. The molecule has 0 saturated carbocycles. The van der Waals surface area contributed by atoms with Crippen LogP contribution >= 0.6 is 11.6 Å². The van der Waals surface area contributed by atoms with Gasteiger partial charge in [0.05, 0.1) is 20.3 Å². The zero-order valence-electron chi connectivity index (χ0n) is 15.3. The molecule has 27 heavy (non-hydrogen) atoms. The van der Waals surface area contributed by atoms with Gasteiger partial charge in [-0.15, -0.1) is 0 Å². The smallest absolute Gasteiger partial charge is 0.210 e. The second kappa shape index (κ2) is 7.16. The highest BCUT2D eigenvalue weighted by molar-refractivity contribution is 6.31. The Morgan fingerprint density at radius 2 is 2.00 bits per heavy atom. The monoisotopic (exact) mass is 384 g/mol. The van der Waals surface area contributed by atoms with Gasteiger partial charge in [-0.2, -0.15) is 0 Å². The number of aromatic nitrogens is 1. The third-order valence-corrected chi connectivity index (χ3v) is 5.56. The van der Waals surface area contributed by atoms with Gasteiger partial charge in [-0.25, -0.2) is 0 Å². The Morgan fingerprint density at radius 1 is 1.22 bits per heavy atom. The molecule has 4 rings (SSSR count). The lowest BCUT2D eigenvalue weighted by atomic mass is 9.88. The van der Waals surface area contributed by atoms with E-state index in [-0.39, 0.29) is 6.04 Å². The number of ether oxygens (including phenoxy) is 2. The molecule has 2 heterocycles. The van der Waals surface area contributed by atoms with Crippen molar-refractivity contribution in [1.29, 1.82) is 0 Å². The van der Waals surface area contributed by atoms with E-state index in [9.17, 15) is 4.79 Å². The van der Waals surface area contributed by atoms with E-state index in [0.717, 1.165) is 40.6 Å². The fraction of sp³-hybridized carbons (Fsp3) is 0.286. The van der Waals surface area contributed by atoms with Gasteiger partial charge in [0.1, 0.15) is 0 Å². The number of aromatic amines is 1. The molecule has 1 N–H and O–H groups in total. The molecule has 0 radical (unpaired) electrons. The molecule has 140 valence electrons. The van der Waals surface area contributed by atoms with Gasteiger partial charge in [0.2, 0.25) is 6.41 Å². The van der Waals surface area contributed by atoms with Gasteiger partial charge in [-0.1, -0.05) is 17.7 Å². The van der Waals surface area contributed by atoms with E-state index < -0.39 is 0 Å². The van der Waals surface area contributed by atoms with E-state index in [1.807, 2.05) is 41.4 Å². The number of carbonyl (C=O) groups is 1. The molecule has 1 amide bonds. The zero-order chi connectivity index (χ0) is 19.0. The first kappa shape index (κ1) is 17.7. The normalized spacial score (nSPS) is 16.3. The van der Waals surface area contributed by atoms with Crippen LogP contribution in [0.4, 0.5) is 0 Å². The summed E-state index contributed by atoms with van der Waals surface area (Å²) in [7, 11) is 3.27. The Hall–Kier alpha value is -2.66. The minimum absolute atomic E-state index is 0.0549. The standard InChI is InChI=1S/C21H21ClN2O3/c1-26-20-8-13-5-6-24(12-25)19(17(13)10-21(20)27-2)7-14-11-23-18-9-15(22)3-4-16(14)18/h3-4,8-12,19,23H,5-7H2,1-2H3/t19-/m0/s1. The molecule has 6 heteroatoms. The molecule has 0 spiro atoms. The molecule has 1 aliphatic rings. The van der Waals surface area contributed by atoms with Crippen LogP contribution in [0.1, 0.15) is 22.7 Å². The second-order valence-corrected chi connectivity index (χ2v) is 7.16. The number of carbonyl (C=O) groups excluding carboxylic acids is 1. The largest absolute Gasteiger partial charge is 0.493 e. The molecular weight excluding hydrogens is 364 g/mol. The van der Waals surface area contributed by atoms with E-state index in [1.165, 1.54) is 5.56 Å². The first-order valence-corrected chi connectivity index (χ1v) is 9.23. The molecule has 0 bridgehead atoms. The predicted octanol–water partition coefficient (Wildman–Crippen LogP) is 4.14. The first-order chi connectivity index (χ1) is 13.1. The summed E-state index contributed by atoms with van der Waals surface area (Å²) >= 11 is 6.09. The lowest BCUT2D eigenvalue weighted by Gasteiger charge is -2.35. The quantitative estimate of drug-likeness (QED) is 0.673. The van der Waals surface area contributed by atoms with Gasteiger partial charge in [-0.05, 0) is 53.8 Å². The molecule has 1 aliphatic heterocycles. The number of halogens is 1. The minimum atomic E-state index is -0.0549. The number of nitrogens with zero attached hydrogens (tertiary/aromatic N) is 1.